The molecule has 0 aromatic heterocycles. The smallest absolute Gasteiger partial charge is 0.000202 e. The van der Waals surface area contributed by atoms with Crippen molar-refractivity contribution in [3.63, 3.8) is 0 Å². The second-order valence-corrected chi connectivity index (χ2v) is 5.75. The Bertz CT molecular complexity index is 585. The van der Waals surface area contributed by atoms with Crippen molar-refractivity contribution in [3.05, 3.63) is 81.8 Å². The van der Waals surface area contributed by atoms with Gasteiger partial charge in [-0.1, -0.05) is 88.2 Å². The fourth-order valence-corrected chi connectivity index (χ4v) is 2.25. The Balaban J connectivity index is 2.29. The fraction of sp³-hybridized carbons (Fsp3) is 0.111. The van der Waals surface area contributed by atoms with Gasteiger partial charge in [0.25, 0.3) is 0 Å². The minimum absolute atomic E-state index is 1.14. The second-order valence-electron chi connectivity index (χ2n) is 4.56. The molecule has 0 aliphatic heterocycles. The van der Waals surface area contributed by atoms with Gasteiger partial charge in [0.2, 0.25) is 0 Å². The van der Waals surface area contributed by atoms with Gasteiger partial charge in [0.05, 0.1) is 0 Å². The fourth-order valence-electron chi connectivity index (χ4n) is 1.88. The van der Waals surface area contributed by atoms with Crippen molar-refractivity contribution in [1.82, 2.24) is 0 Å². The van der Waals surface area contributed by atoms with Crippen molar-refractivity contribution < 1.29 is 0 Å². The van der Waals surface area contributed by atoms with E-state index in [9.17, 15) is 0 Å². The molecule has 0 fully saturated rings. The molecule has 0 amide bonds. The molecule has 0 nitrogen and oxygen atoms in total. The molecular weight excluding hydrogens is 296 g/mol. The Morgan fingerprint density at radius 1 is 0.947 bits per heavy atom. The van der Waals surface area contributed by atoms with Gasteiger partial charge in [-0.15, -0.1) is 0 Å². The van der Waals surface area contributed by atoms with E-state index in [-0.39, 0.29) is 0 Å². The minimum atomic E-state index is 1.14. The third kappa shape index (κ3) is 3.93. The molecule has 0 heterocycles. The average molecular weight is 313 g/mol. The summed E-state index contributed by atoms with van der Waals surface area (Å²) in [5, 5.41) is 0. The van der Waals surface area contributed by atoms with Gasteiger partial charge in [0.15, 0.2) is 0 Å². The van der Waals surface area contributed by atoms with E-state index < -0.39 is 0 Å². The maximum Gasteiger partial charge on any atom is -0.000202 e. The number of hydrogen-bond donors (Lipinski definition) is 0. The zero-order valence-corrected chi connectivity index (χ0v) is 12.8. The molecule has 0 N–H and O–H groups in total. The van der Waals surface area contributed by atoms with Crippen LogP contribution < -0.4 is 0 Å². The summed E-state index contributed by atoms with van der Waals surface area (Å²) in [6, 6.07) is 18.9. The van der Waals surface area contributed by atoms with Gasteiger partial charge in [-0.3, -0.25) is 0 Å². The molecule has 0 aliphatic rings. The normalized spacial score (nSPS) is 12.6. The van der Waals surface area contributed by atoms with Crippen LogP contribution in [0.5, 0.6) is 0 Å². The number of allylic oxidation sites excluding steroid dienone is 3. The van der Waals surface area contributed by atoms with Gasteiger partial charge >= 0.3 is 0 Å². The quantitative estimate of drug-likeness (QED) is 0.625. The summed E-state index contributed by atoms with van der Waals surface area (Å²) < 4.78 is 1.14. The molecule has 0 saturated carbocycles. The van der Waals surface area contributed by atoms with Crippen molar-refractivity contribution in [2.45, 2.75) is 13.8 Å². The van der Waals surface area contributed by atoms with E-state index in [2.05, 4.69) is 90.5 Å². The lowest BCUT2D eigenvalue weighted by atomic mass is 10.0. The Kier molecular flexibility index (Phi) is 4.75. The minimum Gasteiger partial charge on any atom is -0.0622 e. The lowest BCUT2D eigenvalue weighted by Crippen LogP contribution is -1.82. The Hall–Kier alpha value is -1.60. The summed E-state index contributed by atoms with van der Waals surface area (Å²) in [5.41, 5.74) is 4.93. The molecule has 0 spiro atoms. The highest BCUT2D eigenvalue weighted by Crippen LogP contribution is 2.24. The van der Waals surface area contributed by atoms with E-state index in [1.165, 1.54) is 22.3 Å². The van der Waals surface area contributed by atoms with E-state index in [1.54, 1.807) is 0 Å². The summed E-state index contributed by atoms with van der Waals surface area (Å²) in [6.07, 6.45) is 4.30. The summed E-state index contributed by atoms with van der Waals surface area (Å²) in [6.45, 7) is 4.17. The molecule has 19 heavy (non-hydrogen) atoms. The first-order chi connectivity index (χ1) is 9.16. The highest BCUT2D eigenvalue weighted by Gasteiger charge is 2.00. The molecule has 2 aromatic carbocycles. The highest BCUT2D eigenvalue weighted by atomic mass is 79.9. The van der Waals surface area contributed by atoms with Crippen LogP contribution in [0, 0.1) is 6.92 Å². The predicted octanol–water partition coefficient (Wildman–Crippen LogP) is 5.83. The molecule has 0 aliphatic carbocycles. The first-order valence-electron chi connectivity index (χ1n) is 6.33. The van der Waals surface area contributed by atoms with Crippen molar-refractivity contribution >= 4 is 27.6 Å². The third-order valence-electron chi connectivity index (χ3n) is 2.98. The summed E-state index contributed by atoms with van der Waals surface area (Å²) in [5.74, 6) is 0. The number of rotatable bonds is 3. The number of benzene rings is 2. The van der Waals surface area contributed by atoms with Crippen LogP contribution in [0.15, 0.2) is 65.2 Å². The van der Waals surface area contributed by atoms with Crippen LogP contribution in [-0.2, 0) is 0 Å². The SMILES string of the molecule is C/C(Br)=C(/C=C/c1ccc(C)cc1)c1ccccc1. The van der Waals surface area contributed by atoms with Crippen molar-refractivity contribution in [2.24, 2.45) is 0 Å². The molecule has 96 valence electrons. The van der Waals surface area contributed by atoms with E-state index in [1.807, 2.05) is 6.07 Å². The van der Waals surface area contributed by atoms with E-state index >= 15 is 0 Å². The van der Waals surface area contributed by atoms with Crippen molar-refractivity contribution in [2.75, 3.05) is 0 Å². The van der Waals surface area contributed by atoms with E-state index in [0.29, 0.717) is 0 Å². The van der Waals surface area contributed by atoms with Gasteiger partial charge in [-0.05, 0) is 35.0 Å². The first kappa shape index (κ1) is 13.8. The summed E-state index contributed by atoms with van der Waals surface area (Å²) in [4.78, 5) is 0. The van der Waals surface area contributed by atoms with Crippen LogP contribution >= 0.6 is 15.9 Å². The summed E-state index contributed by atoms with van der Waals surface area (Å²) >= 11 is 3.59. The third-order valence-corrected chi connectivity index (χ3v) is 3.40. The van der Waals surface area contributed by atoms with Crippen LogP contribution in [0.4, 0.5) is 0 Å². The van der Waals surface area contributed by atoms with E-state index in [0.717, 1.165) is 4.48 Å². The Morgan fingerprint density at radius 3 is 2.16 bits per heavy atom. The lowest BCUT2D eigenvalue weighted by Gasteiger charge is -2.04. The second kappa shape index (κ2) is 6.53. The van der Waals surface area contributed by atoms with Gasteiger partial charge in [-0.2, -0.15) is 0 Å². The van der Waals surface area contributed by atoms with Crippen LogP contribution in [0.2, 0.25) is 0 Å². The summed E-state index contributed by atoms with van der Waals surface area (Å²) in [7, 11) is 0. The van der Waals surface area contributed by atoms with Crippen LogP contribution in [0.3, 0.4) is 0 Å². The lowest BCUT2D eigenvalue weighted by molar-refractivity contribution is 1.46. The zero-order valence-electron chi connectivity index (χ0n) is 11.2. The molecule has 2 rings (SSSR count). The van der Waals surface area contributed by atoms with Gasteiger partial charge in [0.1, 0.15) is 0 Å². The maximum atomic E-state index is 3.59. The van der Waals surface area contributed by atoms with Crippen LogP contribution in [0.25, 0.3) is 11.6 Å². The number of hydrogen-bond acceptors (Lipinski definition) is 0. The predicted molar refractivity (Wildman–Crippen MR) is 88.2 cm³/mol. The molecular formula is C18H17Br. The monoisotopic (exact) mass is 312 g/mol. The molecule has 2 aromatic rings. The highest BCUT2D eigenvalue weighted by molar-refractivity contribution is 9.11. The molecule has 1 heteroatoms. The van der Waals surface area contributed by atoms with Gasteiger partial charge < -0.3 is 0 Å². The molecule has 0 unspecified atom stereocenters. The molecule has 0 bridgehead atoms. The topological polar surface area (TPSA) is 0 Å². The van der Waals surface area contributed by atoms with Gasteiger partial charge in [-0.25, -0.2) is 0 Å². The largest absolute Gasteiger partial charge is 0.0622 e. The van der Waals surface area contributed by atoms with Crippen LogP contribution in [0.1, 0.15) is 23.6 Å². The van der Waals surface area contributed by atoms with Gasteiger partial charge in [0, 0.05) is 0 Å². The molecule has 0 radical (unpaired) electrons. The van der Waals surface area contributed by atoms with Crippen molar-refractivity contribution in [3.8, 4) is 0 Å². The maximum absolute atomic E-state index is 3.59. The molecule has 0 saturated heterocycles. The number of aryl methyl sites for hydroxylation is 1. The molecule has 0 atom stereocenters. The standard InChI is InChI=1S/C18H17Br/c1-14-8-10-16(11-9-14)12-13-18(15(2)19)17-6-4-3-5-7-17/h3-13H,1-2H3/b13-12+,18-15+. The zero-order chi connectivity index (χ0) is 13.7. The van der Waals surface area contributed by atoms with Crippen molar-refractivity contribution in [1.29, 1.82) is 0 Å². The Morgan fingerprint density at radius 2 is 1.58 bits per heavy atom. The van der Waals surface area contributed by atoms with Crippen LogP contribution in [-0.4, -0.2) is 0 Å². The van der Waals surface area contributed by atoms with E-state index in [4.69, 9.17) is 0 Å². The Labute approximate surface area is 123 Å². The number of halogens is 1. The average Bonchev–Trinajstić information content (AvgIpc) is 2.42. The first-order valence-corrected chi connectivity index (χ1v) is 7.12.